The van der Waals surface area contributed by atoms with Crippen LogP contribution in [0, 0.1) is 6.92 Å². The first-order valence-electron chi connectivity index (χ1n) is 23.5. The molecule has 0 fully saturated rings. The second-order valence-corrected chi connectivity index (χ2v) is 18.8. The van der Waals surface area contributed by atoms with Gasteiger partial charge in [0.05, 0.1) is 5.52 Å². The Morgan fingerprint density at radius 1 is 0.522 bits per heavy atom. The predicted octanol–water partition coefficient (Wildman–Crippen LogP) is 14.9. The lowest BCUT2D eigenvalue weighted by molar-refractivity contribution is 0.632. The zero-order valence-electron chi connectivity index (χ0n) is 37.8. The van der Waals surface area contributed by atoms with E-state index < -0.39 is 0 Å². The largest absolute Gasteiger partial charge is 0.355 e. The zero-order valence-corrected chi connectivity index (χ0v) is 37.8. The lowest BCUT2D eigenvalue weighted by atomic mass is 9.57. The molecule has 1 N–H and O–H groups in total. The summed E-state index contributed by atoms with van der Waals surface area (Å²) < 4.78 is 2.67. The Morgan fingerprint density at radius 2 is 1.15 bits per heavy atom. The van der Waals surface area contributed by atoms with Crippen LogP contribution in [0.25, 0.3) is 49.4 Å². The van der Waals surface area contributed by atoms with Gasteiger partial charge in [-0.2, -0.15) is 0 Å². The third-order valence-electron chi connectivity index (χ3n) is 14.5. The van der Waals surface area contributed by atoms with Crippen LogP contribution in [0.4, 0.5) is 28.4 Å². The summed E-state index contributed by atoms with van der Waals surface area (Å²) in [6.07, 6.45) is 0. The van der Waals surface area contributed by atoms with Crippen molar-refractivity contribution in [1.82, 2.24) is 4.57 Å². The van der Waals surface area contributed by atoms with Crippen LogP contribution in [-0.4, -0.2) is 11.8 Å². The van der Waals surface area contributed by atoms with Gasteiger partial charge in [-0.25, -0.2) is 0 Å². The minimum absolute atomic E-state index is 0.0542. The Labute approximate surface area is 392 Å². The SMILES string of the molecule is Cc1ccc(Nc2cc(N(c3ccccc3)c3ccccc3)ccc2-c2cc(C(c3ccccc3)c3ccccc3)c3c4c5ccccc5cc5c4n4c3c2[B]c2cccc(c2-4)C5(C)C)cc1. The fraction of sp³-hybridized carbons (Fsp3) is 0.0794. The molecule has 3 nitrogen and oxygen atoms in total. The van der Waals surface area contributed by atoms with Crippen LogP contribution in [0.15, 0.2) is 218 Å². The van der Waals surface area contributed by atoms with E-state index in [-0.39, 0.29) is 11.3 Å². The third-order valence-corrected chi connectivity index (χ3v) is 14.5. The van der Waals surface area contributed by atoms with E-state index in [0.717, 1.165) is 34.0 Å². The average molecular weight is 857 g/mol. The van der Waals surface area contributed by atoms with E-state index in [9.17, 15) is 0 Å². The molecule has 4 heteroatoms. The third kappa shape index (κ3) is 6.13. The second-order valence-electron chi connectivity index (χ2n) is 18.8. The summed E-state index contributed by atoms with van der Waals surface area (Å²) in [7, 11) is 2.49. The van der Waals surface area contributed by atoms with Gasteiger partial charge in [0, 0.05) is 67.3 Å². The maximum Gasteiger partial charge on any atom is 0.197 e. The summed E-state index contributed by atoms with van der Waals surface area (Å²) >= 11 is 0. The summed E-state index contributed by atoms with van der Waals surface area (Å²) in [5, 5.41) is 9.21. The van der Waals surface area contributed by atoms with Gasteiger partial charge in [-0.1, -0.05) is 183 Å². The summed E-state index contributed by atoms with van der Waals surface area (Å²) in [6.45, 7) is 6.99. The molecule has 0 aliphatic carbocycles. The number of benzene rings is 10. The molecular formula is C63H47BN3. The van der Waals surface area contributed by atoms with Crippen molar-refractivity contribution in [3.05, 3.63) is 252 Å². The molecule has 1 radical (unpaired) electrons. The Bertz CT molecular complexity index is 3630. The number of hydrogen-bond donors (Lipinski definition) is 1. The summed E-state index contributed by atoms with van der Waals surface area (Å²) in [4.78, 5) is 2.35. The number of rotatable bonds is 9. The molecule has 1 aromatic heterocycles. The molecule has 2 aliphatic rings. The van der Waals surface area contributed by atoms with E-state index in [1.807, 2.05) is 0 Å². The van der Waals surface area contributed by atoms with Crippen molar-refractivity contribution < 1.29 is 0 Å². The quantitative estimate of drug-likeness (QED) is 0.115. The number of anilines is 5. The summed E-state index contributed by atoms with van der Waals surface area (Å²) in [5.41, 5.74) is 21.6. The first-order valence-corrected chi connectivity index (χ1v) is 23.5. The molecule has 317 valence electrons. The number of aromatic nitrogens is 1. The normalized spacial score (nSPS) is 13.1. The maximum atomic E-state index is 3.99. The maximum absolute atomic E-state index is 3.99. The highest BCUT2D eigenvalue weighted by Crippen LogP contribution is 2.53. The van der Waals surface area contributed by atoms with Crippen molar-refractivity contribution >= 4 is 79.2 Å². The molecule has 13 rings (SSSR count). The highest BCUT2D eigenvalue weighted by molar-refractivity contribution is 6.73. The first kappa shape index (κ1) is 39.3. The average Bonchev–Trinajstić information content (AvgIpc) is 3.74. The van der Waals surface area contributed by atoms with E-state index >= 15 is 0 Å². The highest BCUT2D eigenvalue weighted by atomic mass is 15.1. The van der Waals surface area contributed by atoms with Crippen LogP contribution < -0.4 is 21.1 Å². The molecule has 10 aromatic carbocycles. The molecule has 0 amide bonds. The van der Waals surface area contributed by atoms with Crippen LogP contribution in [0.1, 0.15) is 53.1 Å². The lowest BCUT2D eigenvalue weighted by Gasteiger charge is -2.38. The number of fused-ring (bicyclic) bond motifs is 3. The van der Waals surface area contributed by atoms with Gasteiger partial charge in [0.1, 0.15) is 0 Å². The summed E-state index contributed by atoms with van der Waals surface area (Å²) in [5.74, 6) is -0.0542. The minimum Gasteiger partial charge on any atom is -0.355 e. The fourth-order valence-electron chi connectivity index (χ4n) is 11.4. The Balaban J connectivity index is 1.19. The van der Waals surface area contributed by atoms with Crippen LogP contribution in [0.2, 0.25) is 0 Å². The van der Waals surface area contributed by atoms with Crippen LogP contribution in [0.3, 0.4) is 0 Å². The van der Waals surface area contributed by atoms with Gasteiger partial charge in [-0.3, -0.25) is 0 Å². The molecule has 0 saturated heterocycles. The Hall–Kier alpha value is -8.08. The molecule has 11 aromatic rings. The molecule has 0 saturated carbocycles. The molecule has 3 heterocycles. The predicted molar refractivity (Wildman–Crippen MR) is 284 cm³/mol. The lowest BCUT2D eigenvalue weighted by Crippen LogP contribution is -2.41. The zero-order chi connectivity index (χ0) is 44.8. The van der Waals surface area contributed by atoms with Crippen LogP contribution in [0.5, 0.6) is 0 Å². The fourth-order valence-corrected chi connectivity index (χ4v) is 11.4. The second kappa shape index (κ2) is 15.3. The van der Waals surface area contributed by atoms with Gasteiger partial charge in [0.25, 0.3) is 0 Å². The number of hydrogen-bond acceptors (Lipinski definition) is 2. The van der Waals surface area contributed by atoms with Gasteiger partial charge in [0.2, 0.25) is 0 Å². The van der Waals surface area contributed by atoms with Gasteiger partial charge in [0.15, 0.2) is 7.28 Å². The van der Waals surface area contributed by atoms with Gasteiger partial charge < -0.3 is 14.8 Å². The van der Waals surface area contributed by atoms with E-state index in [4.69, 9.17) is 0 Å². The van der Waals surface area contributed by atoms with Gasteiger partial charge in [-0.15, -0.1) is 0 Å². The monoisotopic (exact) mass is 856 g/mol. The van der Waals surface area contributed by atoms with Crippen LogP contribution in [-0.2, 0) is 5.41 Å². The van der Waals surface area contributed by atoms with E-state index in [1.165, 1.54) is 88.1 Å². The van der Waals surface area contributed by atoms with Crippen molar-refractivity contribution in [3.63, 3.8) is 0 Å². The highest BCUT2D eigenvalue weighted by Gasteiger charge is 2.41. The van der Waals surface area contributed by atoms with Crippen molar-refractivity contribution in [3.8, 4) is 16.8 Å². The first-order chi connectivity index (χ1) is 32.9. The minimum atomic E-state index is -0.227. The van der Waals surface area contributed by atoms with E-state index in [1.54, 1.807) is 0 Å². The van der Waals surface area contributed by atoms with E-state index in [0.29, 0.717) is 0 Å². The smallest absolute Gasteiger partial charge is 0.197 e. The number of nitrogens with one attached hydrogen (secondary N) is 1. The van der Waals surface area contributed by atoms with Gasteiger partial charge in [-0.05, 0) is 117 Å². The van der Waals surface area contributed by atoms with Crippen LogP contribution >= 0.6 is 0 Å². The van der Waals surface area contributed by atoms with Gasteiger partial charge >= 0.3 is 0 Å². The Kier molecular flexibility index (Phi) is 8.95. The number of para-hydroxylation sites is 3. The number of nitrogens with zero attached hydrogens (tertiary/aromatic N) is 2. The molecule has 0 atom stereocenters. The molecule has 67 heavy (non-hydrogen) atoms. The Morgan fingerprint density at radius 3 is 1.82 bits per heavy atom. The molecule has 0 bridgehead atoms. The van der Waals surface area contributed by atoms with Crippen molar-refractivity contribution in [1.29, 1.82) is 0 Å². The molecule has 0 spiro atoms. The summed E-state index contributed by atoms with van der Waals surface area (Å²) in [6, 6.07) is 80.5. The van der Waals surface area contributed by atoms with E-state index in [2.05, 4.69) is 261 Å². The van der Waals surface area contributed by atoms with Crippen molar-refractivity contribution in [2.75, 3.05) is 10.2 Å². The number of aryl methyl sites for hydroxylation is 1. The molecular weight excluding hydrogens is 810 g/mol. The van der Waals surface area contributed by atoms with Crippen molar-refractivity contribution in [2.45, 2.75) is 32.1 Å². The molecule has 0 unspecified atom stereocenters. The topological polar surface area (TPSA) is 20.2 Å². The standard InChI is InChI=1S/C63H47BN3/c1-40-31-33-44(34-32-40)65-55-38-47(66(45-24-12-6-13-25-45)46-26-14-7-15-27-46)35-36-49(55)50-39-51(56(41-19-8-4-9-20-41)42-21-10-5-11-22-42)58-57-48-28-17-16-23-43(48)37-53-61(57)67-60-52(63(53,2)3)29-18-30-54(60)64-59(50)62(58)67/h4-39,56,65H,1-3H3. The van der Waals surface area contributed by atoms with Crippen molar-refractivity contribution in [2.24, 2.45) is 0 Å². The molecule has 2 aliphatic heterocycles.